The average molecular weight is 272 g/mol. The van der Waals surface area contributed by atoms with Crippen LogP contribution in [0.1, 0.15) is 12.0 Å². The highest BCUT2D eigenvalue weighted by Gasteiger charge is 2.10. The van der Waals surface area contributed by atoms with Crippen LogP contribution in [0.15, 0.2) is 18.2 Å². The van der Waals surface area contributed by atoms with Gasteiger partial charge in [0.05, 0.1) is 0 Å². The van der Waals surface area contributed by atoms with Crippen LogP contribution in [0.2, 0.25) is 5.02 Å². The Kier molecular flexibility index (Phi) is 5.95. The number of hydrogen-bond acceptors (Lipinski definition) is 3. The second-order valence-corrected chi connectivity index (χ2v) is 4.53. The Bertz CT molecular complexity index is 409. The van der Waals surface area contributed by atoms with Crippen LogP contribution < -0.4 is 4.74 Å². The molecule has 0 bridgehead atoms. The van der Waals surface area contributed by atoms with E-state index in [-0.39, 0.29) is 19.1 Å². The van der Waals surface area contributed by atoms with Gasteiger partial charge in [0.25, 0.3) is 5.91 Å². The summed E-state index contributed by atoms with van der Waals surface area (Å²) in [7, 11) is 1.69. The van der Waals surface area contributed by atoms with Crippen molar-refractivity contribution in [3.8, 4) is 5.75 Å². The zero-order chi connectivity index (χ0) is 13.5. The van der Waals surface area contributed by atoms with Crippen molar-refractivity contribution in [1.82, 2.24) is 4.90 Å². The lowest BCUT2D eigenvalue weighted by Crippen LogP contribution is -2.32. The molecule has 0 saturated heterocycles. The number of carbonyl (C=O) groups is 1. The fourth-order valence-corrected chi connectivity index (χ4v) is 1.68. The smallest absolute Gasteiger partial charge is 0.260 e. The summed E-state index contributed by atoms with van der Waals surface area (Å²) in [5.74, 6) is 0.543. The van der Waals surface area contributed by atoms with Crippen LogP contribution in [-0.4, -0.2) is 42.7 Å². The standard InChI is InChI=1S/C13H18ClNO3/c1-10-8-11(14)4-5-12(10)18-9-13(17)15(2)6-3-7-16/h4-5,8,16H,3,6-7,9H2,1-2H3. The first-order valence-electron chi connectivity index (χ1n) is 5.78. The molecule has 4 nitrogen and oxygen atoms in total. The largest absolute Gasteiger partial charge is 0.483 e. The fourth-order valence-electron chi connectivity index (χ4n) is 1.46. The Morgan fingerprint density at radius 1 is 1.50 bits per heavy atom. The number of halogens is 1. The average Bonchev–Trinajstić information content (AvgIpc) is 2.34. The molecular formula is C13H18ClNO3. The van der Waals surface area contributed by atoms with E-state index >= 15 is 0 Å². The molecule has 0 fully saturated rings. The molecule has 18 heavy (non-hydrogen) atoms. The van der Waals surface area contributed by atoms with Crippen LogP contribution in [-0.2, 0) is 4.79 Å². The summed E-state index contributed by atoms with van der Waals surface area (Å²) in [6.07, 6.45) is 0.572. The second kappa shape index (κ2) is 7.24. The third kappa shape index (κ3) is 4.55. The number of carbonyl (C=O) groups excluding carboxylic acids is 1. The Morgan fingerprint density at radius 3 is 2.83 bits per heavy atom. The molecule has 1 aromatic rings. The van der Waals surface area contributed by atoms with Crippen molar-refractivity contribution in [2.45, 2.75) is 13.3 Å². The molecule has 1 rings (SSSR count). The second-order valence-electron chi connectivity index (χ2n) is 4.09. The first kappa shape index (κ1) is 14.8. The predicted molar refractivity (Wildman–Crippen MR) is 71.0 cm³/mol. The number of amides is 1. The molecule has 0 aromatic heterocycles. The summed E-state index contributed by atoms with van der Waals surface area (Å²) in [6.45, 7) is 2.47. The number of aliphatic hydroxyl groups is 1. The molecule has 0 aliphatic rings. The molecule has 100 valence electrons. The van der Waals surface area contributed by atoms with Gasteiger partial charge < -0.3 is 14.7 Å². The summed E-state index contributed by atoms with van der Waals surface area (Å²) in [4.78, 5) is 13.2. The van der Waals surface area contributed by atoms with Crippen molar-refractivity contribution in [2.75, 3.05) is 26.8 Å². The minimum Gasteiger partial charge on any atom is -0.483 e. The van der Waals surface area contributed by atoms with Crippen LogP contribution in [0.4, 0.5) is 0 Å². The minimum atomic E-state index is -0.113. The van der Waals surface area contributed by atoms with Crippen molar-refractivity contribution in [3.05, 3.63) is 28.8 Å². The molecule has 1 N–H and O–H groups in total. The summed E-state index contributed by atoms with van der Waals surface area (Å²) in [5, 5.41) is 9.33. The molecule has 1 amide bonds. The molecule has 0 aliphatic heterocycles. The first-order chi connectivity index (χ1) is 8.54. The third-order valence-corrected chi connectivity index (χ3v) is 2.80. The number of nitrogens with zero attached hydrogens (tertiary/aromatic N) is 1. The van der Waals surface area contributed by atoms with Crippen LogP contribution in [0, 0.1) is 6.92 Å². The molecule has 0 atom stereocenters. The fraction of sp³-hybridized carbons (Fsp3) is 0.462. The van der Waals surface area contributed by atoms with E-state index < -0.39 is 0 Å². The number of ether oxygens (including phenoxy) is 1. The van der Waals surface area contributed by atoms with Gasteiger partial charge in [-0.3, -0.25) is 4.79 Å². The molecule has 0 spiro atoms. The van der Waals surface area contributed by atoms with Gasteiger partial charge in [-0.2, -0.15) is 0 Å². The van der Waals surface area contributed by atoms with E-state index in [1.807, 2.05) is 6.92 Å². The monoisotopic (exact) mass is 271 g/mol. The van der Waals surface area contributed by atoms with Gasteiger partial charge >= 0.3 is 0 Å². The van der Waals surface area contributed by atoms with Gasteiger partial charge in [-0.25, -0.2) is 0 Å². The summed E-state index contributed by atoms with van der Waals surface area (Å²) >= 11 is 5.83. The lowest BCUT2D eigenvalue weighted by atomic mass is 10.2. The summed E-state index contributed by atoms with van der Waals surface area (Å²) in [5.41, 5.74) is 0.897. The van der Waals surface area contributed by atoms with E-state index in [9.17, 15) is 4.79 Å². The van der Waals surface area contributed by atoms with Gasteiger partial charge in [0.1, 0.15) is 5.75 Å². The maximum Gasteiger partial charge on any atom is 0.260 e. The number of aliphatic hydroxyl groups excluding tert-OH is 1. The minimum absolute atomic E-state index is 0.00952. The highest BCUT2D eigenvalue weighted by molar-refractivity contribution is 6.30. The normalized spacial score (nSPS) is 10.2. The van der Waals surface area contributed by atoms with Crippen molar-refractivity contribution >= 4 is 17.5 Å². The van der Waals surface area contributed by atoms with E-state index in [2.05, 4.69) is 0 Å². The molecule has 5 heteroatoms. The first-order valence-corrected chi connectivity index (χ1v) is 6.16. The molecule has 0 heterocycles. The predicted octanol–water partition coefficient (Wildman–Crippen LogP) is 1.87. The van der Waals surface area contributed by atoms with Crippen molar-refractivity contribution in [3.63, 3.8) is 0 Å². The topological polar surface area (TPSA) is 49.8 Å². The van der Waals surface area contributed by atoms with Crippen molar-refractivity contribution in [1.29, 1.82) is 0 Å². The molecular weight excluding hydrogens is 254 g/mol. The number of rotatable bonds is 6. The molecule has 0 aliphatic carbocycles. The van der Waals surface area contributed by atoms with Gasteiger partial charge in [0.15, 0.2) is 6.61 Å². The third-order valence-electron chi connectivity index (χ3n) is 2.57. The van der Waals surface area contributed by atoms with Gasteiger partial charge in [0.2, 0.25) is 0 Å². The number of likely N-dealkylation sites (N-methyl/N-ethyl adjacent to an activating group) is 1. The molecule has 0 radical (unpaired) electrons. The van der Waals surface area contributed by atoms with E-state index in [1.165, 1.54) is 0 Å². The van der Waals surface area contributed by atoms with Crippen LogP contribution in [0.5, 0.6) is 5.75 Å². The highest BCUT2D eigenvalue weighted by atomic mass is 35.5. The quantitative estimate of drug-likeness (QED) is 0.859. The lowest BCUT2D eigenvalue weighted by Gasteiger charge is -2.17. The SMILES string of the molecule is Cc1cc(Cl)ccc1OCC(=O)N(C)CCCO. The molecule has 1 aromatic carbocycles. The van der Waals surface area contributed by atoms with Crippen LogP contribution in [0.25, 0.3) is 0 Å². The Balaban J connectivity index is 2.47. The van der Waals surface area contributed by atoms with Gasteiger partial charge in [-0.1, -0.05) is 11.6 Å². The van der Waals surface area contributed by atoms with Gasteiger partial charge in [-0.15, -0.1) is 0 Å². The Morgan fingerprint density at radius 2 is 2.22 bits per heavy atom. The molecule has 0 saturated carbocycles. The van der Waals surface area contributed by atoms with E-state index in [0.29, 0.717) is 23.7 Å². The number of aryl methyl sites for hydroxylation is 1. The van der Waals surface area contributed by atoms with E-state index in [0.717, 1.165) is 5.56 Å². The van der Waals surface area contributed by atoms with E-state index in [4.69, 9.17) is 21.4 Å². The maximum atomic E-state index is 11.7. The Labute approximate surface area is 112 Å². The van der Waals surface area contributed by atoms with Gasteiger partial charge in [-0.05, 0) is 37.1 Å². The van der Waals surface area contributed by atoms with Crippen LogP contribution >= 0.6 is 11.6 Å². The zero-order valence-corrected chi connectivity index (χ0v) is 11.4. The van der Waals surface area contributed by atoms with Gasteiger partial charge in [0, 0.05) is 25.2 Å². The van der Waals surface area contributed by atoms with Crippen LogP contribution in [0.3, 0.4) is 0 Å². The maximum absolute atomic E-state index is 11.7. The lowest BCUT2D eigenvalue weighted by molar-refractivity contribution is -0.132. The number of hydrogen-bond donors (Lipinski definition) is 1. The van der Waals surface area contributed by atoms with E-state index in [1.54, 1.807) is 30.1 Å². The van der Waals surface area contributed by atoms with Crippen molar-refractivity contribution in [2.24, 2.45) is 0 Å². The Hall–Kier alpha value is -1.26. The zero-order valence-electron chi connectivity index (χ0n) is 10.6. The summed E-state index contributed by atoms with van der Waals surface area (Å²) in [6, 6.07) is 5.26. The molecule has 0 unspecified atom stereocenters. The number of benzene rings is 1. The summed E-state index contributed by atoms with van der Waals surface area (Å²) < 4.78 is 5.44. The van der Waals surface area contributed by atoms with Crippen molar-refractivity contribution < 1.29 is 14.6 Å². The highest BCUT2D eigenvalue weighted by Crippen LogP contribution is 2.21.